The topological polar surface area (TPSA) is 233 Å². The minimum absolute atomic E-state index is 0.0473. The second-order valence-corrected chi connectivity index (χ2v) is 18.6. The van der Waals surface area contributed by atoms with Gasteiger partial charge in [-0.15, -0.1) is 0 Å². The van der Waals surface area contributed by atoms with Crippen LogP contribution in [0.5, 0.6) is 0 Å². The fourth-order valence-electron chi connectivity index (χ4n) is 12.0. The number of hydrogen-bond acceptors (Lipinski definition) is 13. The second-order valence-electron chi connectivity index (χ2n) is 17.5. The van der Waals surface area contributed by atoms with Gasteiger partial charge in [-0.2, -0.15) is 8.42 Å². The van der Waals surface area contributed by atoms with E-state index in [1.807, 2.05) is 13.8 Å². The zero-order valence-electron chi connectivity index (χ0n) is 31.0. The van der Waals surface area contributed by atoms with Crippen LogP contribution in [0.15, 0.2) is 0 Å². The predicted octanol–water partition coefficient (Wildman–Crippen LogP) is 1.41. The molecule has 0 bridgehead atoms. The fourth-order valence-corrected chi connectivity index (χ4v) is 12.5. The van der Waals surface area contributed by atoms with Gasteiger partial charge in [-0.3, -0.25) is 4.55 Å². The van der Waals surface area contributed by atoms with Gasteiger partial charge < -0.3 is 50.0 Å². The summed E-state index contributed by atoms with van der Waals surface area (Å²) in [6, 6.07) is 0. The first-order valence-corrected chi connectivity index (χ1v) is 20.3. The highest BCUT2D eigenvalue weighted by atomic mass is 32.3. The maximum absolute atomic E-state index is 12.8. The van der Waals surface area contributed by atoms with E-state index >= 15 is 0 Å². The Kier molecular flexibility index (Phi) is 12.7. The van der Waals surface area contributed by atoms with Gasteiger partial charge in [-0.05, 0) is 91.3 Å². The quantitative estimate of drug-likeness (QED) is 0.117. The number of aliphatic hydroxyl groups is 7. The Morgan fingerprint density at radius 2 is 1.57 bits per heavy atom. The third-order valence-corrected chi connectivity index (χ3v) is 15.0. The number of fused-ring (bicyclic) bond motifs is 5. The summed E-state index contributed by atoms with van der Waals surface area (Å²) < 4.78 is 55.7. The number of ether oxygens (including phenoxy) is 3. The van der Waals surface area contributed by atoms with E-state index in [0.717, 1.165) is 12.8 Å². The van der Waals surface area contributed by atoms with Crippen LogP contribution in [-0.2, 0) is 28.8 Å². The standard InChI is InChI=1S/C36H64O14S/c1-18(2)20(11-14-48-33-30(42)28(40)31(49-33)24(17-37)47-6)8-7-19(3)26-27(39)29(41)32-35(26,5)13-10-25-34(4)12-9-21(38)15-22(34)23(16-36(25,32)43)50-51(44,45)46/h18-33,37-43H,7-17H2,1-6H3,(H,44,45,46). The van der Waals surface area contributed by atoms with Crippen molar-refractivity contribution in [2.75, 3.05) is 20.3 Å². The Morgan fingerprint density at radius 1 is 0.902 bits per heavy atom. The average molecular weight is 753 g/mol. The van der Waals surface area contributed by atoms with Gasteiger partial charge in [0.2, 0.25) is 0 Å². The molecule has 5 fully saturated rings. The molecule has 0 aromatic heterocycles. The summed E-state index contributed by atoms with van der Waals surface area (Å²) in [5, 5.41) is 77.3. The van der Waals surface area contributed by atoms with E-state index in [9.17, 15) is 48.7 Å². The van der Waals surface area contributed by atoms with Crippen molar-refractivity contribution in [3.63, 3.8) is 0 Å². The minimum atomic E-state index is -4.88. The summed E-state index contributed by atoms with van der Waals surface area (Å²) >= 11 is 0. The van der Waals surface area contributed by atoms with Crippen molar-refractivity contribution in [3.05, 3.63) is 0 Å². The highest BCUT2D eigenvalue weighted by Crippen LogP contribution is 2.70. The predicted molar refractivity (Wildman–Crippen MR) is 183 cm³/mol. The molecule has 0 spiro atoms. The lowest BCUT2D eigenvalue weighted by Gasteiger charge is -2.66. The zero-order chi connectivity index (χ0) is 37.8. The van der Waals surface area contributed by atoms with Crippen molar-refractivity contribution in [1.82, 2.24) is 0 Å². The second kappa shape index (κ2) is 15.5. The van der Waals surface area contributed by atoms with Gasteiger partial charge in [-0.25, -0.2) is 4.18 Å². The largest absolute Gasteiger partial charge is 0.397 e. The third kappa shape index (κ3) is 7.68. The molecular weight excluding hydrogens is 688 g/mol. The van der Waals surface area contributed by atoms with Gasteiger partial charge in [0.1, 0.15) is 24.4 Å². The summed E-state index contributed by atoms with van der Waals surface area (Å²) in [5.74, 6) is -1.43. The fraction of sp³-hybridized carbons (Fsp3) is 1.00. The summed E-state index contributed by atoms with van der Waals surface area (Å²) in [6.07, 6.45) is -4.90. The molecular formula is C36H64O14S. The van der Waals surface area contributed by atoms with Crippen LogP contribution in [0.4, 0.5) is 0 Å². The van der Waals surface area contributed by atoms with E-state index in [1.165, 1.54) is 7.11 Å². The molecule has 18 unspecified atom stereocenters. The van der Waals surface area contributed by atoms with Crippen LogP contribution in [0.2, 0.25) is 0 Å². The molecule has 1 aliphatic heterocycles. The van der Waals surface area contributed by atoms with Gasteiger partial charge >= 0.3 is 10.4 Å². The highest BCUT2D eigenvalue weighted by molar-refractivity contribution is 7.80. The number of aliphatic hydroxyl groups excluding tert-OH is 6. The lowest BCUT2D eigenvalue weighted by Crippen LogP contribution is -2.69. The maximum Gasteiger partial charge on any atom is 0.397 e. The smallest absolute Gasteiger partial charge is 0.394 e. The van der Waals surface area contributed by atoms with Crippen molar-refractivity contribution in [3.8, 4) is 0 Å². The Morgan fingerprint density at radius 3 is 2.18 bits per heavy atom. The van der Waals surface area contributed by atoms with Crippen molar-refractivity contribution in [2.24, 2.45) is 52.3 Å². The number of methoxy groups -OCH3 is 1. The van der Waals surface area contributed by atoms with Crippen molar-refractivity contribution in [2.45, 2.75) is 153 Å². The molecule has 5 rings (SSSR count). The first-order valence-electron chi connectivity index (χ1n) is 18.9. The molecule has 18 atom stereocenters. The highest BCUT2D eigenvalue weighted by Gasteiger charge is 2.73. The molecule has 298 valence electrons. The van der Waals surface area contributed by atoms with E-state index in [1.54, 1.807) is 0 Å². The Hall–Kier alpha value is -0.530. The van der Waals surface area contributed by atoms with Gasteiger partial charge in [0, 0.05) is 19.4 Å². The monoisotopic (exact) mass is 752 g/mol. The van der Waals surface area contributed by atoms with Crippen LogP contribution in [0.25, 0.3) is 0 Å². The van der Waals surface area contributed by atoms with Crippen LogP contribution in [0.3, 0.4) is 0 Å². The van der Waals surface area contributed by atoms with Crippen LogP contribution in [-0.4, -0.2) is 130 Å². The van der Waals surface area contributed by atoms with Gasteiger partial charge in [0.25, 0.3) is 0 Å². The molecule has 0 amide bonds. The van der Waals surface area contributed by atoms with E-state index in [2.05, 4.69) is 20.8 Å². The van der Waals surface area contributed by atoms with Crippen molar-refractivity contribution >= 4 is 10.4 Å². The summed E-state index contributed by atoms with van der Waals surface area (Å²) in [4.78, 5) is 0. The molecule has 1 heterocycles. The molecule has 1 saturated heterocycles. The first-order chi connectivity index (χ1) is 23.7. The molecule has 0 radical (unpaired) electrons. The van der Waals surface area contributed by atoms with Crippen LogP contribution in [0.1, 0.15) is 92.4 Å². The molecule has 51 heavy (non-hydrogen) atoms. The molecule has 0 aromatic rings. The molecule has 0 aromatic carbocycles. The Balaban J connectivity index is 1.28. The molecule has 8 N–H and O–H groups in total. The zero-order valence-corrected chi connectivity index (χ0v) is 31.8. The Bertz CT molecular complexity index is 1280. The lowest BCUT2D eigenvalue weighted by atomic mass is 9.42. The maximum atomic E-state index is 12.8. The van der Waals surface area contributed by atoms with Gasteiger partial charge in [0.05, 0.1) is 43.2 Å². The Labute approximate surface area is 302 Å². The van der Waals surface area contributed by atoms with Crippen LogP contribution in [0, 0.1) is 52.3 Å². The van der Waals surface area contributed by atoms with Crippen molar-refractivity contribution < 1.29 is 67.1 Å². The van der Waals surface area contributed by atoms with Crippen LogP contribution >= 0.6 is 0 Å². The molecule has 15 heteroatoms. The molecule has 14 nitrogen and oxygen atoms in total. The first kappa shape index (κ1) is 41.6. The van der Waals surface area contributed by atoms with E-state index in [-0.39, 0.29) is 55.6 Å². The van der Waals surface area contributed by atoms with E-state index in [0.29, 0.717) is 32.1 Å². The van der Waals surface area contributed by atoms with Gasteiger partial charge in [0.15, 0.2) is 6.29 Å². The van der Waals surface area contributed by atoms with E-state index in [4.69, 9.17) is 18.4 Å². The lowest BCUT2D eigenvalue weighted by molar-refractivity contribution is -0.260. The summed E-state index contributed by atoms with van der Waals surface area (Å²) in [5.41, 5.74) is -2.88. The average Bonchev–Trinajstić information content (AvgIpc) is 3.43. The molecule has 4 aliphatic carbocycles. The normalized spacial score (nSPS) is 47.4. The number of hydrogen-bond donors (Lipinski definition) is 8. The molecule has 5 aliphatic rings. The summed E-state index contributed by atoms with van der Waals surface area (Å²) in [7, 11) is -3.49. The van der Waals surface area contributed by atoms with Gasteiger partial charge in [-0.1, -0.05) is 41.0 Å². The third-order valence-electron chi connectivity index (χ3n) is 14.5. The van der Waals surface area contributed by atoms with Crippen LogP contribution < -0.4 is 0 Å². The van der Waals surface area contributed by atoms with E-state index < -0.39 is 93.8 Å². The SMILES string of the molecule is COC(CO)C1OC(OCCC(CCC(C)C2C(O)C(O)C3C2(C)CCC2C4(C)CCC(O)CC4C(OS(=O)(=O)O)CC23O)C(C)C)C(O)C1O. The van der Waals surface area contributed by atoms with Crippen molar-refractivity contribution in [1.29, 1.82) is 0 Å². The minimum Gasteiger partial charge on any atom is -0.394 e. The number of rotatable bonds is 14. The summed E-state index contributed by atoms with van der Waals surface area (Å²) in [6.45, 7) is 10.2. The molecule has 4 saturated carbocycles.